The second-order valence-corrected chi connectivity index (χ2v) is 7.12. The number of hydrogen-bond acceptors (Lipinski definition) is 4. The minimum Gasteiger partial charge on any atom is -0.462 e. The zero-order valence-corrected chi connectivity index (χ0v) is 17.3. The Morgan fingerprint density at radius 2 is 1.93 bits per heavy atom. The average Bonchev–Trinajstić information content (AvgIpc) is 2.89. The van der Waals surface area contributed by atoms with Gasteiger partial charge in [-0.3, -0.25) is 4.79 Å². The lowest BCUT2D eigenvalue weighted by Gasteiger charge is -2.09. The van der Waals surface area contributed by atoms with Crippen LogP contribution in [-0.2, 0) is 23.0 Å². The lowest BCUT2D eigenvalue weighted by Crippen LogP contribution is -2.10. The fourth-order valence-corrected chi connectivity index (χ4v) is 3.59. The van der Waals surface area contributed by atoms with Gasteiger partial charge in [0.25, 0.3) is 0 Å². The Hall–Kier alpha value is -2.67. The van der Waals surface area contributed by atoms with Crippen molar-refractivity contribution in [3.8, 4) is 5.75 Å². The average molecular weight is 448 g/mol. The SMILES string of the molecule is CCOC(=O)c1c(Cc2ccccc2F)n(C)c2cc(Br)c(OC(C)=O)cc12. The lowest BCUT2D eigenvalue weighted by molar-refractivity contribution is -0.131. The first-order valence-electron chi connectivity index (χ1n) is 8.73. The molecule has 1 heterocycles. The maximum Gasteiger partial charge on any atom is 0.340 e. The molecule has 0 N–H and O–H groups in total. The molecule has 146 valence electrons. The first kappa shape index (κ1) is 20.1. The molecule has 0 fully saturated rings. The molecule has 0 aliphatic rings. The van der Waals surface area contributed by atoms with Crippen molar-refractivity contribution in [3.63, 3.8) is 0 Å². The van der Waals surface area contributed by atoms with Crippen LogP contribution in [0.4, 0.5) is 4.39 Å². The maximum absolute atomic E-state index is 14.2. The molecular formula is C21H19BrFNO4. The third kappa shape index (κ3) is 3.80. The number of fused-ring (bicyclic) bond motifs is 1. The van der Waals surface area contributed by atoms with Gasteiger partial charge in [0, 0.05) is 31.5 Å². The molecular weight excluding hydrogens is 429 g/mol. The number of benzene rings is 2. The molecule has 7 heteroatoms. The van der Waals surface area contributed by atoms with Gasteiger partial charge >= 0.3 is 11.9 Å². The van der Waals surface area contributed by atoms with E-state index in [1.807, 2.05) is 4.57 Å². The molecule has 3 rings (SSSR count). The molecule has 2 aromatic carbocycles. The van der Waals surface area contributed by atoms with Gasteiger partial charge in [0.1, 0.15) is 11.6 Å². The lowest BCUT2D eigenvalue weighted by atomic mass is 10.0. The van der Waals surface area contributed by atoms with Crippen molar-refractivity contribution in [3.05, 3.63) is 63.5 Å². The van der Waals surface area contributed by atoms with Gasteiger partial charge in [-0.05, 0) is 46.6 Å². The Labute approximate surface area is 170 Å². The molecule has 0 unspecified atom stereocenters. The van der Waals surface area contributed by atoms with Gasteiger partial charge in [0.05, 0.1) is 22.2 Å². The van der Waals surface area contributed by atoms with Crippen molar-refractivity contribution in [2.24, 2.45) is 7.05 Å². The first-order valence-corrected chi connectivity index (χ1v) is 9.52. The number of hydrogen-bond donors (Lipinski definition) is 0. The van der Waals surface area contributed by atoms with E-state index in [1.54, 1.807) is 44.3 Å². The van der Waals surface area contributed by atoms with E-state index in [-0.39, 0.29) is 18.8 Å². The normalized spacial score (nSPS) is 10.9. The molecule has 0 atom stereocenters. The summed E-state index contributed by atoms with van der Waals surface area (Å²) in [5.74, 6) is -1.02. The number of carbonyl (C=O) groups excluding carboxylic acids is 2. The van der Waals surface area contributed by atoms with Gasteiger partial charge in [0.15, 0.2) is 0 Å². The zero-order valence-electron chi connectivity index (χ0n) is 15.7. The number of halogens is 2. The second kappa shape index (κ2) is 8.14. The fourth-order valence-electron chi connectivity index (χ4n) is 3.18. The monoisotopic (exact) mass is 447 g/mol. The molecule has 0 radical (unpaired) electrons. The van der Waals surface area contributed by atoms with Crippen LogP contribution in [-0.4, -0.2) is 23.1 Å². The number of aryl methyl sites for hydroxylation is 1. The highest BCUT2D eigenvalue weighted by atomic mass is 79.9. The van der Waals surface area contributed by atoms with Gasteiger partial charge in [-0.15, -0.1) is 0 Å². The molecule has 1 aromatic heterocycles. The van der Waals surface area contributed by atoms with Gasteiger partial charge in [-0.1, -0.05) is 18.2 Å². The van der Waals surface area contributed by atoms with E-state index in [1.165, 1.54) is 13.0 Å². The van der Waals surface area contributed by atoms with Crippen LogP contribution < -0.4 is 4.74 Å². The van der Waals surface area contributed by atoms with Gasteiger partial charge in [-0.2, -0.15) is 0 Å². The minimum atomic E-state index is -0.504. The minimum absolute atomic E-state index is 0.210. The maximum atomic E-state index is 14.2. The largest absolute Gasteiger partial charge is 0.462 e. The number of esters is 2. The van der Waals surface area contributed by atoms with Crippen LogP contribution in [0.5, 0.6) is 5.75 Å². The fraction of sp³-hybridized carbons (Fsp3) is 0.238. The van der Waals surface area contributed by atoms with Crippen molar-refractivity contribution in [1.29, 1.82) is 0 Å². The standard InChI is InChI=1S/C21H19BrFNO4/c1-4-27-21(26)20-14-10-19(28-12(2)25)15(22)11-17(14)24(3)18(20)9-13-7-5-6-8-16(13)23/h5-8,10-11H,4,9H2,1-3H3. The molecule has 3 aromatic rings. The third-order valence-electron chi connectivity index (χ3n) is 4.42. The predicted molar refractivity (Wildman–Crippen MR) is 107 cm³/mol. The zero-order chi connectivity index (χ0) is 20.4. The number of carbonyl (C=O) groups is 2. The molecule has 0 bridgehead atoms. The van der Waals surface area contributed by atoms with Crippen LogP contribution in [0.2, 0.25) is 0 Å². The summed E-state index contributed by atoms with van der Waals surface area (Å²) in [4.78, 5) is 24.1. The summed E-state index contributed by atoms with van der Waals surface area (Å²) in [5, 5.41) is 0.576. The Balaban J connectivity index is 2.25. The van der Waals surface area contributed by atoms with E-state index in [2.05, 4.69) is 15.9 Å². The Morgan fingerprint density at radius 3 is 2.57 bits per heavy atom. The van der Waals surface area contributed by atoms with Crippen molar-refractivity contribution < 1.29 is 23.5 Å². The molecule has 0 aliphatic carbocycles. The Morgan fingerprint density at radius 1 is 1.21 bits per heavy atom. The second-order valence-electron chi connectivity index (χ2n) is 6.26. The van der Waals surface area contributed by atoms with Crippen LogP contribution >= 0.6 is 15.9 Å². The molecule has 5 nitrogen and oxygen atoms in total. The summed E-state index contributed by atoms with van der Waals surface area (Å²) in [6, 6.07) is 9.83. The summed E-state index contributed by atoms with van der Waals surface area (Å²) in [5.41, 5.74) is 2.16. The highest BCUT2D eigenvalue weighted by Gasteiger charge is 2.24. The predicted octanol–water partition coefficient (Wildman–Crippen LogP) is 4.77. The Kier molecular flexibility index (Phi) is 5.84. The quantitative estimate of drug-likeness (QED) is 0.417. The summed E-state index contributed by atoms with van der Waals surface area (Å²) in [6.45, 7) is 3.24. The van der Waals surface area contributed by atoms with Crippen LogP contribution in [0, 0.1) is 5.82 Å². The van der Waals surface area contributed by atoms with E-state index < -0.39 is 11.9 Å². The van der Waals surface area contributed by atoms with Crippen LogP contribution in [0.1, 0.15) is 35.5 Å². The van der Waals surface area contributed by atoms with Crippen LogP contribution in [0.25, 0.3) is 10.9 Å². The van der Waals surface area contributed by atoms with Crippen molar-refractivity contribution in [2.45, 2.75) is 20.3 Å². The highest BCUT2D eigenvalue weighted by Crippen LogP contribution is 2.36. The third-order valence-corrected chi connectivity index (χ3v) is 5.04. The van der Waals surface area contributed by atoms with E-state index in [0.717, 1.165) is 5.52 Å². The summed E-state index contributed by atoms with van der Waals surface area (Å²) >= 11 is 3.39. The topological polar surface area (TPSA) is 57.5 Å². The summed E-state index contributed by atoms with van der Waals surface area (Å²) in [7, 11) is 1.80. The molecule has 0 saturated carbocycles. The van der Waals surface area contributed by atoms with E-state index in [4.69, 9.17) is 9.47 Å². The number of ether oxygens (including phenoxy) is 2. The number of nitrogens with zero attached hydrogens (tertiary/aromatic N) is 1. The Bertz CT molecular complexity index is 1070. The van der Waals surface area contributed by atoms with Gasteiger partial charge in [0.2, 0.25) is 0 Å². The molecule has 0 saturated heterocycles. The van der Waals surface area contributed by atoms with E-state index >= 15 is 0 Å². The van der Waals surface area contributed by atoms with E-state index in [0.29, 0.717) is 32.4 Å². The van der Waals surface area contributed by atoms with Crippen molar-refractivity contribution in [2.75, 3.05) is 6.61 Å². The molecule has 0 amide bonds. The summed E-state index contributed by atoms with van der Waals surface area (Å²) < 4.78 is 27.1. The van der Waals surface area contributed by atoms with Crippen LogP contribution in [0.15, 0.2) is 40.9 Å². The molecule has 0 aliphatic heterocycles. The van der Waals surface area contributed by atoms with Crippen molar-refractivity contribution >= 4 is 38.8 Å². The van der Waals surface area contributed by atoms with Gasteiger partial charge < -0.3 is 14.0 Å². The molecule has 28 heavy (non-hydrogen) atoms. The van der Waals surface area contributed by atoms with E-state index in [9.17, 15) is 14.0 Å². The first-order chi connectivity index (χ1) is 13.3. The number of rotatable bonds is 5. The highest BCUT2D eigenvalue weighted by molar-refractivity contribution is 9.10. The van der Waals surface area contributed by atoms with Crippen molar-refractivity contribution in [1.82, 2.24) is 4.57 Å². The number of aromatic nitrogens is 1. The van der Waals surface area contributed by atoms with Gasteiger partial charge in [-0.25, -0.2) is 9.18 Å². The summed E-state index contributed by atoms with van der Waals surface area (Å²) in [6.07, 6.45) is 0.215. The van der Waals surface area contributed by atoms with Crippen LogP contribution in [0.3, 0.4) is 0 Å². The smallest absolute Gasteiger partial charge is 0.340 e. The molecule has 0 spiro atoms.